The molecule has 1 heterocycles. The number of hydrogen-bond donors (Lipinski definition) is 1. The number of hydrogen-bond acceptors (Lipinski definition) is 3. The molecule has 2 rings (SSSR count). The van der Waals surface area contributed by atoms with E-state index >= 15 is 0 Å². The first-order valence-electron chi connectivity index (χ1n) is 3.83. The van der Waals surface area contributed by atoms with Gasteiger partial charge in [0.15, 0.2) is 11.3 Å². The van der Waals surface area contributed by atoms with E-state index in [1.807, 2.05) is 0 Å². The fourth-order valence-electron chi connectivity index (χ4n) is 1.16. The lowest BCUT2D eigenvalue weighted by Gasteiger charge is -2.08. The van der Waals surface area contributed by atoms with Gasteiger partial charge in [-0.15, -0.1) is 13.2 Å². The molecule has 0 unspecified atom stereocenters. The van der Waals surface area contributed by atoms with Gasteiger partial charge in [-0.3, -0.25) is 0 Å². The summed E-state index contributed by atoms with van der Waals surface area (Å²) in [7, 11) is 0. The van der Waals surface area contributed by atoms with Crippen LogP contribution < -0.4 is 4.74 Å². The van der Waals surface area contributed by atoms with Crippen LogP contribution in [0.15, 0.2) is 22.6 Å². The normalized spacial score (nSPS) is 11.9. The zero-order valence-electron chi connectivity index (χ0n) is 7.09. The maximum absolute atomic E-state index is 12.0. The van der Waals surface area contributed by atoms with Crippen molar-refractivity contribution in [3.63, 3.8) is 0 Å². The molecule has 0 aliphatic rings. The van der Waals surface area contributed by atoms with Crippen LogP contribution in [0.4, 0.5) is 13.2 Å². The molecule has 0 fully saturated rings. The molecule has 3 nitrogen and oxygen atoms in total. The standard InChI is InChI=1S/C8H4F3NO2S/c9-8(10,11)14-5-3-1-2-4-6(5)12-7(15)13-4/h1-3H,(H,12,15). The summed E-state index contributed by atoms with van der Waals surface area (Å²) in [6.45, 7) is 0. The Labute approximate surface area is 86.5 Å². The van der Waals surface area contributed by atoms with Gasteiger partial charge in [0.2, 0.25) is 0 Å². The Morgan fingerprint density at radius 3 is 2.73 bits per heavy atom. The van der Waals surface area contributed by atoms with Crippen molar-refractivity contribution in [3.8, 4) is 5.75 Å². The molecule has 0 amide bonds. The van der Waals surface area contributed by atoms with Crippen molar-refractivity contribution in [1.82, 2.24) is 4.98 Å². The van der Waals surface area contributed by atoms with Crippen LogP contribution >= 0.6 is 12.2 Å². The molecular weight excluding hydrogens is 231 g/mol. The summed E-state index contributed by atoms with van der Waals surface area (Å²) < 4.78 is 44.7. The van der Waals surface area contributed by atoms with Crippen molar-refractivity contribution >= 4 is 23.3 Å². The molecule has 0 aliphatic heterocycles. The van der Waals surface area contributed by atoms with E-state index < -0.39 is 6.36 Å². The second kappa shape index (κ2) is 3.27. The van der Waals surface area contributed by atoms with Crippen LogP contribution in [0.3, 0.4) is 0 Å². The second-order valence-electron chi connectivity index (χ2n) is 2.69. The zero-order chi connectivity index (χ0) is 11.1. The number of H-pyrrole nitrogens is 1. The van der Waals surface area contributed by atoms with Gasteiger partial charge in [0.05, 0.1) is 0 Å². The second-order valence-corrected chi connectivity index (χ2v) is 3.06. The Morgan fingerprint density at radius 1 is 1.33 bits per heavy atom. The monoisotopic (exact) mass is 235 g/mol. The molecule has 0 aliphatic carbocycles. The van der Waals surface area contributed by atoms with Gasteiger partial charge in [0.25, 0.3) is 4.84 Å². The van der Waals surface area contributed by atoms with Crippen molar-refractivity contribution in [2.24, 2.45) is 0 Å². The van der Waals surface area contributed by atoms with E-state index in [2.05, 4.69) is 21.9 Å². The van der Waals surface area contributed by atoms with Gasteiger partial charge in [-0.1, -0.05) is 6.07 Å². The average Bonchev–Trinajstić information content (AvgIpc) is 2.43. The Bertz CT molecular complexity index is 543. The summed E-state index contributed by atoms with van der Waals surface area (Å²) >= 11 is 4.65. The van der Waals surface area contributed by atoms with E-state index in [0.29, 0.717) is 0 Å². The first-order valence-corrected chi connectivity index (χ1v) is 4.24. The van der Waals surface area contributed by atoms with Gasteiger partial charge >= 0.3 is 6.36 Å². The van der Waals surface area contributed by atoms with Crippen LogP contribution in [0.1, 0.15) is 0 Å². The molecule has 80 valence electrons. The lowest BCUT2D eigenvalue weighted by molar-refractivity contribution is -0.274. The van der Waals surface area contributed by atoms with Crippen LogP contribution in [0.2, 0.25) is 0 Å². The number of benzene rings is 1. The maximum Gasteiger partial charge on any atom is 0.573 e. The number of ether oxygens (including phenoxy) is 1. The predicted molar refractivity (Wildman–Crippen MR) is 48.1 cm³/mol. The van der Waals surface area contributed by atoms with Crippen LogP contribution in [-0.2, 0) is 0 Å². The van der Waals surface area contributed by atoms with Gasteiger partial charge in [-0.05, 0) is 24.4 Å². The molecule has 2 aromatic rings. The van der Waals surface area contributed by atoms with Gasteiger partial charge in [-0.25, -0.2) is 0 Å². The summed E-state index contributed by atoms with van der Waals surface area (Å²) in [5.74, 6) is -0.361. The van der Waals surface area contributed by atoms with E-state index in [4.69, 9.17) is 4.42 Å². The van der Waals surface area contributed by atoms with Gasteiger partial charge < -0.3 is 14.1 Å². The summed E-state index contributed by atoms with van der Waals surface area (Å²) in [6.07, 6.45) is -4.74. The predicted octanol–water partition coefficient (Wildman–Crippen LogP) is 3.39. The number of fused-ring (bicyclic) bond motifs is 1. The van der Waals surface area contributed by atoms with E-state index in [-0.39, 0.29) is 21.7 Å². The molecule has 0 bridgehead atoms. The van der Waals surface area contributed by atoms with E-state index in [9.17, 15) is 13.2 Å². The highest BCUT2D eigenvalue weighted by atomic mass is 32.1. The first kappa shape index (κ1) is 10.0. The number of oxazole rings is 1. The molecule has 0 saturated carbocycles. The number of nitrogens with one attached hydrogen (secondary N) is 1. The van der Waals surface area contributed by atoms with Gasteiger partial charge in [-0.2, -0.15) is 0 Å². The lowest BCUT2D eigenvalue weighted by atomic mass is 10.3. The molecule has 0 atom stereocenters. The van der Waals surface area contributed by atoms with Gasteiger partial charge in [0.1, 0.15) is 5.52 Å². The Balaban J connectivity index is 2.56. The third-order valence-corrected chi connectivity index (χ3v) is 1.83. The molecule has 1 aromatic heterocycles. The Hall–Kier alpha value is -1.50. The third-order valence-electron chi connectivity index (χ3n) is 1.64. The topological polar surface area (TPSA) is 38.2 Å². The van der Waals surface area contributed by atoms with Crippen LogP contribution in [-0.4, -0.2) is 11.3 Å². The average molecular weight is 235 g/mol. The van der Waals surface area contributed by atoms with Crippen LogP contribution in [0.5, 0.6) is 5.75 Å². The van der Waals surface area contributed by atoms with Crippen LogP contribution in [0, 0.1) is 4.84 Å². The summed E-state index contributed by atoms with van der Waals surface area (Å²) in [4.78, 5) is 2.48. The number of alkyl halides is 3. The Morgan fingerprint density at radius 2 is 2.07 bits per heavy atom. The molecule has 0 spiro atoms. The minimum atomic E-state index is -4.74. The number of aromatic amines is 1. The quantitative estimate of drug-likeness (QED) is 0.770. The Kier molecular flexibility index (Phi) is 2.18. The number of halogens is 3. The highest BCUT2D eigenvalue weighted by Gasteiger charge is 2.32. The molecular formula is C8H4F3NO2S. The van der Waals surface area contributed by atoms with Crippen molar-refractivity contribution in [2.75, 3.05) is 0 Å². The van der Waals surface area contributed by atoms with E-state index in [1.54, 1.807) is 0 Å². The largest absolute Gasteiger partial charge is 0.573 e. The minimum Gasteiger partial charge on any atom is -0.429 e. The molecule has 7 heteroatoms. The van der Waals surface area contributed by atoms with Crippen molar-refractivity contribution in [2.45, 2.75) is 6.36 Å². The highest BCUT2D eigenvalue weighted by Crippen LogP contribution is 2.29. The molecule has 1 aromatic carbocycles. The molecule has 1 N–H and O–H groups in total. The molecule has 15 heavy (non-hydrogen) atoms. The SMILES string of the molecule is FC(F)(F)Oc1cccc2oc(=S)[nH]c12. The van der Waals surface area contributed by atoms with Crippen LogP contribution in [0.25, 0.3) is 11.1 Å². The fraction of sp³-hybridized carbons (Fsp3) is 0.125. The highest BCUT2D eigenvalue weighted by molar-refractivity contribution is 7.71. The maximum atomic E-state index is 12.0. The van der Waals surface area contributed by atoms with E-state index in [1.165, 1.54) is 18.2 Å². The van der Waals surface area contributed by atoms with Gasteiger partial charge in [0, 0.05) is 0 Å². The fourth-order valence-corrected chi connectivity index (χ4v) is 1.35. The van der Waals surface area contributed by atoms with Crippen molar-refractivity contribution in [1.29, 1.82) is 0 Å². The smallest absolute Gasteiger partial charge is 0.429 e. The molecule has 0 radical (unpaired) electrons. The lowest BCUT2D eigenvalue weighted by Crippen LogP contribution is -2.17. The molecule has 0 saturated heterocycles. The third kappa shape index (κ3) is 2.12. The summed E-state index contributed by atoms with van der Waals surface area (Å²) in [5, 5.41) is 0. The van der Waals surface area contributed by atoms with Crippen molar-refractivity contribution in [3.05, 3.63) is 23.0 Å². The zero-order valence-corrected chi connectivity index (χ0v) is 7.91. The summed E-state index contributed by atoms with van der Waals surface area (Å²) in [6, 6.07) is 4.05. The van der Waals surface area contributed by atoms with Crippen molar-refractivity contribution < 1.29 is 22.3 Å². The first-order chi connectivity index (χ1) is 6.96. The number of para-hydroxylation sites is 1. The number of aromatic nitrogens is 1. The number of rotatable bonds is 1. The summed E-state index contributed by atoms with van der Waals surface area (Å²) in [5.41, 5.74) is 0.321. The minimum absolute atomic E-state index is 0.00299. The van der Waals surface area contributed by atoms with E-state index in [0.717, 1.165) is 0 Å².